The van der Waals surface area contributed by atoms with Gasteiger partial charge in [0.2, 0.25) is 5.91 Å². The van der Waals surface area contributed by atoms with Gasteiger partial charge in [-0.25, -0.2) is 4.98 Å². The van der Waals surface area contributed by atoms with Crippen molar-refractivity contribution in [3.8, 4) is 5.69 Å². The van der Waals surface area contributed by atoms with E-state index in [4.69, 9.17) is 0 Å². The van der Waals surface area contributed by atoms with Crippen molar-refractivity contribution in [1.29, 1.82) is 0 Å². The third-order valence-corrected chi connectivity index (χ3v) is 6.79. The van der Waals surface area contributed by atoms with Crippen LogP contribution in [-0.4, -0.2) is 20.0 Å². The van der Waals surface area contributed by atoms with E-state index in [0.717, 1.165) is 36.2 Å². The Kier molecular flexibility index (Phi) is 5.36. The molecule has 1 aliphatic carbocycles. The van der Waals surface area contributed by atoms with Crippen molar-refractivity contribution in [2.75, 3.05) is 0 Å². The highest BCUT2D eigenvalue weighted by molar-refractivity contribution is 5.83. The zero-order chi connectivity index (χ0) is 23.1. The third-order valence-electron chi connectivity index (χ3n) is 6.79. The van der Waals surface area contributed by atoms with Gasteiger partial charge in [-0.05, 0) is 68.9 Å². The van der Waals surface area contributed by atoms with Crippen LogP contribution in [0.25, 0.3) is 16.7 Å². The number of aromatic nitrogens is 3. The molecular formula is C27H28N4O2. The summed E-state index contributed by atoms with van der Waals surface area (Å²) < 4.78 is 3.42. The first-order chi connectivity index (χ1) is 15.9. The Morgan fingerprint density at radius 1 is 1.09 bits per heavy atom. The Morgan fingerprint density at radius 3 is 2.64 bits per heavy atom. The van der Waals surface area contributed by atoms with Gasteiger partial charge in [-0.2, -0.15) is 0 Å². The first-order valence-corrected chi connectivity index (χ1v) is 11.5. The summed E-state index contributed by atoms with van der Waals surface area (Å²) in [5, 5.41) is 3.69. The van der Waals surface area contributed by atoms with Crippen LogP contribution in [0.4, 0.5) is 0 Å². The lowest BCUT2D eigenvalue weighted by Crippen LogP contribution is -2.36. The second-order valence-electron chi connectivity index (χ2n) is 8.97. The summed E-state index contributed by atoms with van der Waals surface area (Å²) in [7, 11) is 0. The molecule has 168 valence electrons. The van der Waals surface area contributed by atoms with Crippen molar-refractivity contribution in [1.82, 2.24) is 19.4 Å². The Hall–Kier alpha value is -3.67. The Balaban J connectivity index is 1.45. The predicted molar refractivity (Wildman–Crippen MR) is 130 cm³/mol. The SMILES string of the molecule is Cc1ccc(-n2c(C)c(C)c3c(=O)n(CC(=O)N[C@H]4CCCc5ccccc54)cnc32)cc1. The molecule has 0 aliphatic heterocycles. The van der Waals surface area contributed by atoms with Gasteiger partial charge in [0.25, 0.3) is 5.56 Å². The summed E-state index contributed by atoms with van der Waals surface area (Å²) in [6.07, 6.45) is 4.48. The molecule has 1 amide bonds. The average molecular weight is 441 g/mol. The van der Waals surface area contributed by atoms with E-state index >= 15 is 0 Å². The van der Waals surface area contributed by atoms with Crippen LogP contribution in [0.2, 0.25) is 0 Å². The second-order valence-corrected chi connectivity index (χ2v) is 8.97. The van der Waals surface area contributed by atoms with Crippen LogP contribution in [0, 0.1) is 20.8 Å². The number of rotatable bonds is 4. The smallest absolute Gasteiger partial charge is 0.263 e. The minimum Gasteiger partial charge on any atom is -0.348 e. The van der Waals surface area contributed by atoms with Crippen molar-refractivity contribution in [3.05, 3.63) is 93.2 Å². The van der Waals surface area contributed by atoms with Gasteiger partial charge >= 0.3 is 0 Å². The van der Waals surface area contributed by atoms with Crippen LogP contribution < -0.4 is 10.9 Å². The van der Waals surface area contributed by atoms with Crippen molar-refractivity contribution in [3.63, 3.8) is 0 Å². The number of amides is 1. The quantitative estimate of drug-likeness (QED) is 0.514. The molecule has 0 fully saturated rings. The molecule has 1 aliphatic rings. The van der Waals surface area contributed by atoms with E-state index in [1.165, 1.54) is 27.6 Å². The zero-order valence-corrected chi connectivity index (χ0v) is 19.3. The van der Waals surface area contributed by atoms with Gasteiger partial charge in [-0.3, -0.25) is 18.7 Å². The lowest BCUT2D eigenvalue weighted by Gasteiger charge is -2.26. The van der Waals surface area contributed by atoms with E-state index in [-0.39, 0.29) is 24.1 Å². The number of hydrogen-bond acceptors (Lipinski definition) is 3. The van der Waals surface area contributed by atoms with Crippen LogP contribution in [0.5, 0.6) is 0 Å². The molecule has 2 heterocycles. The van der Waals surface area contributed by atoms with Gasteiger partial charge in [0.05, 0.1) is 11.4 Å². The molecule has 6 nitrogen and oxygen atoms in total. The van der Waals surface area contributed by atoms with Crippen molar-refractivity contribution in [2.45, 2.75) is 52.6 Å². The number of carbonyl (C=O) groups is 1. The summed E-state index contributed by atoms with van der Waals surface area (Å²) in [4.78, 5) is 30.8. The molecule has 4 aromatic rings. The van der Waals surface area contributed by atoms with Gasteiger partial charge in [-0.15, -0.1) is 0 Å². The van der Waals surface area contributed by atoms with Crippen LogP contribution in [0.1, 0.15) is 46.8 Å². The summed E-state index contributed by atoms with van der Waals surface area (Å²) >= 11 is 0. The number of nitrogens with one attached hydrogen (secondary N) is 1. The van der Waals surface area contributed by atoms with E-state index < -0.39 is 0 Å². The molecule has 5 rings (SSSR count). The minimum atomic E-state index is -0.189. The lowest BCUT2D eigenvalue weighted by molar-refractivity contribution is -0.122. The first-order valence-electron chi connectivity index (χ1n) is 11.5. The average Bonchev–Trinajstić information content (AvgIpc) is 3.07. The summed E-state index contributed by atoms with van der Waals surface area (Å²) in [6, 6.07) is 16.4. The maximum atomic E-state index is 13.4. The molecule has 0 radical (unpaired) electrons. The molecule has 6 heteroatoms. The van der Waals surface area contributed by atoms with Crippen molar-refractivity contribution in [2.24, 2.45) is 0 Å². The van der Waals surface area contributed by atoms with Gasteiger partial charge < -0.3 is 5.32 Å². The van der Waals surface area contributed by atoms with Crippen molar-refractivity contribution >= 4 is 16.9 Å². The zero-order valence-electron chi connectivity index (χ0n) is 19.3. The highest BCUT2D eigenvalue weighted by Gasteiger charge is 2.23. The number of fused-ring (bicyclic) bond motifs is 2. The molecule has 2 aromatic carbocycles. The van der Waals surface area contributed by atoms with E-state index in [9.17, 15) is 9.59 Å². The number of carbonyl (C=O) groups excluding carboxylic acids is 1. The van der Waals surface area contributed by atoms with Crippen LogP contribution >= 0.6 is 0 Å². The van der Waals surface area contributed by atoms with E-state index in [1.807, 2.05) is 61.7 Å². The molecule has 33 heavy (non-hydrogen) atoms. The Labute approximate surface area is 192 Å². The third kappa shape index (κ3) is 3.75. The first kappa shape index (κ1) is 21.2. The van der Waals surface area contributed by atoms with Crippen LogP contribution in [0.15, 0.2) is 59.7 Å². The number of hydrogen-bond donors (Lipinski definition) is 1. The summed E-state index contributed by atoms with van der Waals surface area (Å²) in [6.45, 7) is 5.93. The monoisotopic (exact) mass is 440 g/mol. The Bertz CT molecular complexity index is 1410. The fourth-order valence-electron chi connectivity index (χ4n) is 4.91. The van der Waals surface area contributed by atoms with Gasteiger partial charge in [0, 0.05) is 11.4 Å². The van der Waals surface area contributed by atoms with E-state index in [2.05, 4.69) is 22.4 Å². The van der Waals surface area contributed by atoms with E-state index in [1.54, 1.807) is 0 Å². The maximum Gasteiger partial charge on any atom is 0.263 e. The molecule has 0 bridgehead atoms. The van der Waals surface area contributed by atoms with Crippen LogP contribution in [-0.2, 0) is 17.8 Å². The molecular weight excluding hydrogens is 412 g/mol. The lowest BCUT2D eigenvalue weighted by atomic mass is 9.88. The topological polar surface area (TPSA) is 68.9 Å². The molecule has 1 atom stereocenters. The van der Waals surface area contributed by atoms with E-state index in [0.29, 0.717) is 11.0 Å². The highest BCUT2D eigenvalue weighted by atomic mass is 16.2. The van der Waals surface area contributed by atoms with Gasteiger partial charge in [-0.1, -0.05) is 42.0 Å². The highest BCUT2D eigenvalue weighted by Crippen LogP contribution is 2.29. The normalized spacial score (nSPS) is 15.4. The maximum absolute atomic E-state index is 13.4. The molecule has 2 aromatic heterocycles. The van der Waals surface area contributed by atoms with Gasteiger partial charge in [0.15, 0.2) is 5.65 Å². The van der Waals surface area contributed by atoms with Crippen LogP contribution in [0.3, 0.4) is 0 Å². The molecule has 1 N–H and O–H groups in total. The molecule has 0 unspecified atom stereocenters. The standard InChI is InChI=1S/C27H28N4O2/c1-17-11-13-21(14-12-17)31-19(3)18(2)25-26(31)28-16-30(27(25)33)15-24(32)29-23-10-6-8-20-7-4-5-9-22(20)23/h4-5,7,9,11-14,16,23H,6,8,10,15H2,1-3H3,(H,29,32)/t23-/m0/s1. The molecule has 0 spiro atoms. The predicted octanol–water partition coefficient (Wildman–Crippen LogP) is 4.31. The number of aryl methyl sites for hydroxylation is 3. The Morgan fingerprint density at radius 2 is 1.85 bits per heavy atom. The minimum absolute atomic E-state index is 0.0126. The number of benzene rings is 2. The number of nitrogens with zero attached hydrogens (tertiary/aromatic N) is 3. The van der Waals surface area contributed by atoms with Crippen molar-refractivity contribution < 1.29 is 4.79 Å². The fraction of sp³-hybridized carbons (Fsp3) is 0.296. The fourth-order valence-corrected chi connectivity index (χ4v) is 4.91. The molecule has 0 saturated heterocycles. The second kappa shape index (κ2) is 8.35. The molecule has 0 saturated carbocycles. The van der Waals surface area contributed by atoms with Gasteiger partial charge in [0.1, 0.15) is 12.9 Å². The summed E-state index contributed by atoms with van der Waals surface area (Å²) in [5.41, 5.74) is 6.90. The largest absolute Gasteiger partial charge is 0.348 e. The summed E-state index contributed by atoms with van der Waals surface area (Å²) in [5.74, 6) is -0.174.